The fourth-order valence-electron chi connectivity index (χ4n) is 4.79. The Kier molecular flexibility index (Phi) is 5.40. The van der Waals surface area contributed by atoms with Gasteiger partial charge in [-0.25, -0.2) is 14.5 Å². The van der Waals surface area contributed by atoms with E-state index >= 15 is 0 Å². The molecule has 4 aromatic rings. The molecule has 2 aromatic carbocycles. The molecule has 1 N–H and O–H groups in total. The van der Waals surface area contributed by atoms with Gasteiger partial charge in [0.25, 0.3) is 0 Å². The highest BCUT2D eigenvalue weighted by Gasteiger charge is 2.24. The molecule has 0 spiro atoms. The molecule has 1 saturated heterocycles. The maximum Gasteiger partial charge on any atom is 0.239 e. The largest absolute Gasteiger partial charge is 0.378 e. The molecule has 2 aromatic heterocycles. The zero-order valence-electron chi connectivity index (χ0n) is 18.7. The monoisotopic (exact) mass is 440 g/mol. The van der Waals surface area contributed by atoms with E-state index in [2.05, 4.69) is 57.2 Å². The van der Waals surface area contributed by atoms with E-state index in [9.17, 15) is 0 Å². The molecule has 2 aliphatic rings. The predicted octanol–water partition coefficient (Wildman–Crippen LogP) is 4.14. The minimum absolute atomic E-state index is 0.696. The van der Waals surface area contributed by atoms with Crippen molar-refractivity contribution in [3.8, 4) is 5.95 Å². The molecule has 0 unspecified atom stereocenters. The summed E-state index contributed by atoms with van der Waals surface area (Å²) < 4.78 is 7.72. The van der Waals surface area contributed by atoms with Gasteiger partial charge in [-0.3, -0.25) is 0 Å². The van der Waals surface area contributed by atoms with Gasteiger partial charge in [-0.2, -0.15) is 4.98 Å². The van der Waals surface area contributed by atoms with Gasteiger partial charge in [-0.05, 0) is 43.4 Å². The number of imidazole rings is 1. The van der Waals surface area contributed by atoms with Crippen LogP contribution in [-0.2, 0) is 24.1 Å². The third kappa shape index (κ3) is 3.93. The van der Waals surface area contributed by atoms with Crippen LogP contribution in [0.2, 0.25) is 0 Å². The molecule has 0 amide bonds. The van der Waals surface area contributed by atoms with Crippen molar-refractivity contribution in [2.45, 2.75) is 32.2 Å². The number of morpholine rings is 1. The molecular formula is C26H28N6O. The number of aromatic nitrogens is 4. The Labute approximate surface area is 193 Å². The summed E-state index contributed by atoms with van der Waals surface area (Å²) in [5.74, 6) is 2.54. The lowest BCUT2D eigenvalue weighted by Gasteiger charge is -2.28. The zero-order valence-corrected chi connectivity index (χ0v) is 18.7. The molecule has 1 fully saturated rings. The van der Waals surface area contributed by atoms with Crippen LogP contribution in [0.4, 0.5) is 11.8 Å². The summed E-state index contributed by atoms with van der Waals surface area (Å²) in [5.41, 5.74) is 5.65. The van der Waals surface area contributed by atoms with E-state index in [1.54, 1.807) is 0 Å². The lowest BCUT2D eigenvalue weighted by atomic mass is 9.96. The second kappa shape index (κ2) is 8.83. The second-order valence-corrected chi connectivity index (χ2v) is 8.68. The van der Waals surface area contributed by atoms with Crippen molar-refractivity contribution in [3.05, 3.63) is 71.4 Å². The molecule has 0 bridgehead atoms. The van der Waals surface area contributed by atoms with E-state index in [4.69, 9.17) is 19.7 Å². The van der Waals surface area contributed by atoms with E-state index in [1.165, 1.54) is 24.0 Å². The number of nitrogens with zero attached hydrogens (tertiary/aromatic N) is 5. The van der Waals surface area contributed by atoms with Crippen LogP contribution in [0.1, 0.15) is 29.7 Å². The number of nitrogens with one attached hydrogen (secondary N) is 1. The molecule has 0 saturated carbocycles. The maximum atomic E-state index is 5.59. The van der Waals surface area contributed by atoms with E-state index in [0.717, 1.165) is 61.0 Å². The van der Waals surface area contributed by atoms with E-state index in [-0.39, 0.29) is 0 Å². The van der Waals surface area contributed by atoms with Crippen molar-refractivity contribution < 1.29 is 4.74 Å². The third-order valence-corrected chi connectivity index (χ3v) is 6.51. The van der Waals surface area contributed by atoms with Crippen molar-refractivity contribution in [1.82, 2.24) is 19.5 Å². The quantitative estimate of drug-likeness (QED) is 0.503. The number of hydrogen-bond acceptors (Lipinski definition) is 6. The first kappa shape index (κ1) is 20.2. The summed E-state index contributed by atoms with van der Waals surface area (Å²) in [5, 5.41) is 3.62. The van der Waals surface area contributed by atoms with Gasteiger partial charge in [0.05, 0.1) is 29.9 Å². The fraction of sp³-hybridized carbons (Fsp3) is 0.346. The number of ether oxygens (including phenoxy) is 1. The van der Waals surface area contributed by atoms with Crippen LogP contribution in [-0.4, -0.2) is 45.8 Å². The van der Waals surface area contributed by atoms with Crippen LogP contribution in [0.5, 0.6) is 0 Å². The molecule has 3 heterocycles. The van der Waals surface area contributed by atoms with Crippen molar-refractivity contribution >= 4 is 22.8 Å². The minimum atomic E-state index is 0.696. The van der Waals surface area contributed by atoms with Crippen LogP contribution in [0, 0.1) is 0 Å². The summed E-state index contributed by atoms with van der Waals surface area (Å²) in [7, 11) is 0. The van der Waals surface area contributed by atoms with Gasteiger partial charge in [-0.1, -0.05) is 42.5 Å². The number of hydrogen-bond donors (Lipinski definition) is 1. The van der Waals surface area contributed by atoms with Crippen molar-refractivity contribution in [3.63, 3.8) is 0 Å². The van der Waals surface area contributed by atoms with Crippen LogP contribution in [0.25, 0.3) is 17.0 Å². The van der Waals surface area contributed by atoms with Crippen LogP contribution in [0.15, 0.2) is 54.6 Å². The molecule has 7 heteroatoms. The first-order valence-corrected chi connectivity index (χ1v) is 11.8. The Morgan fingerprint density at radius 3 is 2.52 bits per heavy atom. The first-order valence-electron chi connectivity index (χ1n) is 11.8. The van der Waals surface area contributed by atoms with Gasteiger partial charge in [0.15, 0.2) is 0 Å². The van der Waals surface area contributed by atoms with E-state index in [0.29, 0.717) is 19.2 Å². The lowest BCUT2D eigenvalue weighted by molar-refractivity contribution is 0.122. The van der Waals surface area contributed by atoms with Gasteiger partial charge in [0.2, 0.25) is 11.9 Å². The number of fused-ring (bicyclic) bond motifs is 2. The highest BCUT2D eigenvalue weighted by atomic mass is 16.5. The molecule has 168 valence electrons. The van der Waals surface area contributed by atoms with Gasteiger partial charge in [0, 0.05) is 25.2 Å². The van der Waals surface area contributed by atoms with E-state index < -0.39 is 0 Å². The average molecular weight is 441 g/mol. The number of para-hydroxylation sites is 2. The Morgan fingerprint density at radius 1 is 0.848 bits per heavy atom. The SMILES string of the molecule is c1ccc(CNc2nc(-n3c(N4CCOCC4)nc4ccccc43)nc3c2CCCC3)cc1. The standard InChI is InChI=1S/C26H28N6O/c1-2-8-19(9-3-1)18-27-24-20-10-4-5-11-21(20)28-25(30-24)32-23-13-7-6-12-22(23)29-26(32)31-14-16-33-17-15-31/h1-3,6-9,12-13H,4-5,10-11,14-18H2,(H,27,28,30). The number of rotatable bonds is 5. The molecule has 1 aliphatic carbocycles. The topological polar surface area (TPSA) is 68.1 Å². The Bertz CT molecular complexity index is 1260. The van der Waals surface area contributed by atoms with Crippen LogP contribution in [0.3, 0.4) is 0 Å². The zero-order chi connectivity index (χ0) is 22.0. The highest BCUT2D eigenvalue weighted by Crippen LogP contribution is 2.31. The van der Waals surface area contributed by atoms with Crippen molar-refractivity contribution in [2.75, 3.05) is 36.5 Å². The van der Waals surface area contributed by atoms with Crippen LogP contribution >= 0.6 is 0 Å². The average Bonchev–Trinajstić information content (AvgIpc) is 3.28. The summed E-state index contributed by atoms with van der Waals surface area (Å²) in [6.45, 7) is 3.78. The predicted molar refractivity (Wildman–Crippen MR) is 130 cm³/mol. The van der Waals surface area contributed by atoms with E-state index in [1.807, 2.05) is 12.1 Å². The lowest BCUT2D eigenvalue weighted by Crippen LogP contribution is -2.38. The molecular weight excluding hydrogens is 412 g/mol. The summed E-state index contributed by atoms with van der Waals surface area (Å²) in [6.07, 6.45) is 4.36. The second-order valence-electron chi connectivity index (χ2n) is 8.68. The molecule has 1 aliphatic heterocycles. The van der Waals surface area contributed by atoms with Crippen molar-refractivity contribution in [2.24, 2.45) is 0 Å². The maximum absolute atomic E-state index is 5.59. The summed E-state index contributed by atoms with van der Waals surface area (Å²) in [6, 6.07) is 18.7. The summed E-state index contributed by atoms with van der Waals surface area (Å²) >= 11 is 0. The number of aryl methyl sites for hydroxylation is 1. The molecule has 7 nitrogen and oxygen atoms in total. The molecule has 0 radical (unpaired) electrons. The smallest absolute Gasteiger partial charge is 0.239 e. The minimum Gasteiger partial charge on any atom is -0.378 e. The molecule has 6 rings (SSSR count). The first-order chi connectivity index (χ1) is 16.4. The number of anilines is 2. The Morgan fingerprint density at radius 2 is 1.64 bits per heavy atom. The van der Waals surface area contributed by atoms with Crippen LogP contribution < -0.4 is 10.2 Å². The Hall–Kier alpha value is -3.45. The van der Waals surface area contributed by atoms with Crippen molar-refractivity contribution in [1.29, 1.82) is 0 Å². The summed E-state index contributed by atoms with van der Waals surface area (Å²) in [4.78, 5) is 17.4. The van der Waals surface area contributed by atoms with Gasteiger partial charge in [0.1, 0.15) is 5.82 Å². The third-order valence-electron chi connectivity index (χ3n) is 6.51. The Balaban J connectivity index is 1.46. The number of benzene rings is 2. The normalized spacial score (nSPS) is 16.1. The molecule has 0 atom stereocenters. The molecule has 33 heavy (non-hydrogen) atoms. The van der Waals surface area contributed by atoms with Gasteiger partial charge < -0.3 is 15.0 Å². The van der Waals surface area contributed by atoms with Gasteiger partial charge in [-0.15, -0.1) is 0 Å². The van der Waals surface area contributed by atoms with Gasteiger partial charge >= 0.3 is 0 Å². The highest BCUT2D eigenvalue weighted by molar-refractivity contribution is 5.81. The fourth-order valence-corrected chi connectivity index (χ4v) is 4.79.